The van der Waals surface area contributed by atoms with E-state index in [1.165, 1.54) is 0 Å². The molecule has 1 aromatic rings. The first-order valence-electron chi connectivity index (χ1n) is 2.85. The number of aromatic nitrogens is 1. The third kappa shape index (κ3) is 2.51. The molecule has 6 heteroatoms. The van der Waals surface area contributed by atoms with E-state index in [0.717, 1.165) is 12.3 Å². The maximum absolute atomic E-state index is 11.7. The lowest BCUT2D eigenvalue weighted by molar-refractivity contribution is -0.0328. The maximum atomic E-state index is 11.7. The smallest absolute Gasteiger partial charge is 0.352 e. The lowest BCUT2D eigenvalue weighted by atomic mass is 10.5. The monoisotopic (exact) mass is 192 g/mol. The Morgan fingerprint density at radius 3 is 2.58 bits per heavy atom. The molecule has 1 N–H and O–H groups in total. The molecular weight excluding hydrogens is 189 g/mol. The molecule has 2 nitrogen and oxygen atoms in total. The molecule has 0 aliphatic heterocycles. The summed E-state index contributed by atoms with van der Waals surface area (Å²) in [5, 5.41) is 8.28. The minimum atomic E-state index is -4.30. The summed E-state index contributed by atoms with van der Waals surface area (Å²) in [5.74, 6) is 0. The van der Waals surface area contributed by atoms with E-state index < -0.39 is 5.51 Å². The fourth-order valence-electron chi connectivity index (χ4n) is 0.632. The Balaban J connectivity index is 2.72. The lowest BCUT2D eigenvalue weighted by Gasteiger charge is -2.00. The number of rotatable bonds is 1. The summed E-state index contributed by atoms with van der Waals surface area (Å²) in [6.07, 6.45) is 1.15. The Morgan fingerprint density at radius 1 is 1.50 bits per heavy atom. The molecule has 64 valence electrons. The van der Waals surface area contributed by atoms with Crippen molar-refractivity contribution in [3.8, 4) is 6.07 Å². The summed E-state index contributed by atoms with van der Waals surface area (Å²) in [6, 6.07) is 2.85. The predicted molar refractivity (Wildman–Crippen MR) is 37.4 cm³/mol. The van der Waals surface area contributed by atoms with Crippen molar-refractivity contribution in [2.75, 3.05) is 0 Å². The van der Waals surface area contributed by atoms with Crippen LogP contribution in [-0.2, 0) is 0 Å². The lowest BCUT2D eigenvalue weighted by Crippen LogP contribution is -1.97. The van der Waals surface area contributed by atoms with E-state index in [9.17, 15) is 13.2 Å². The van der Waals surface area contributed by atoms with Crippen molar-refractivity contribution in [2.45, 2.75) is 10.4 Å². The van der Waals surface area contributed by atoms with Crippen molar-refractivity contribution in [2.24, 2.45) is 0 Å². The molecule has 0 fully saturated rings. The Hall–Kier alpha value is -1.09. The number of hydrogen-bond acceptors (Lipinski definition) is 2. The minimum absolute atomic E-state index is 0.000880. The van der Waals surface area contributed by atoms with Gasteiger partial charge in [-0.05, 0) is 17.8 Å². The number of halogens is 3. The quantitative estimate of drug-likeness (QED) is 0.694. The highest BCUT2D eigenvalue weighted by Crippen LogP contribution is 2.36. The van der Waals surface area contributed by atoms with Crippen LogP contribution in [0, 0.1) is 11.3 Å². The highest BCUT2D eigenvalue weighted by molar-refractivity contribution is 8.00. The molecule has 1 heterocycles. The largest absolute Gasteiger partial charge is 0.446 e. The summed E-state index contributed by atoms with van der Waals surface area (Å²) >= 11 is -0.245. The van der Waals surface area contributed by atoms with Crippen molar-refractivity contribution in [1.82, 2.24) is 4.98 Å². The third-order valence-electron chi connectivity index (χ3n) is 1.01. The van der Waals surface area contributed by atoms with Crippen molar-refractivity contribution < 1.29 is 13.2 Å². The number of hydrogen-bond donors (Lipinski definition) is 1. The van der Waals surface area contributed by atoms with Crippen LogP contribution in [0.4, 0.5) is 13.2 Å². The van der Waals surface area contributed by atoms with Gasteiger partial charge in [0.1, 0.15) is 11.8 Å². The molecular formula is C6H3F3N2S. The van der Waals surface area contributed by atoms with E-state index in [1.54, 1.807) is 6.07 Å². The van der Waals surface area contributed by atoms with Crippen LogP contribution in [-0.4, -0.2) is 10.5 Å². The van der Waals surface area contributed by atoms with Crippen molar-refractivity contribution >= 4 is 11.8 Å². The summed E-state index contributed by atoms with van der Waals surface area (Å²) < 4.78 is 35.2. The molecule has 0 aliphatic carbocycles. The number of thioether (sulfide) groups is 1. The van der Waals surface area contributed by atoms with Gasteiger partial charge in [0.2, 0.25) is 0 Å². The van der Waals surface area contributed by atoms with Gasteiger partial charge in [-0.3, -0.25) is 0 Å². The van der Waals surface area contributed by atoms with E-state index in [4.69, 9.17) is 5.26 Å². The first-order valence-corrected chi connectivity index (χ1v) is 3.67. The highest BCUT2D eigenvalue weighted by atomic mass is 32.2. The first kappa shape index (κ1) is 9.00. The number of nitrogens with one attached hydrogen (secondary N) is 1. The van der Waals surface area contributed by atoms with Crippen molar-refractivity contribution in [3.05, 3.63) is 18.0 Å². The Kier molecular flexibility index (Phi) is 2.33. The second-order valence-corrected chi connectivity index (χ2v) is 3.05. The summed E-state index contributed by atoms with van der Waals surface area (Å²) in [4.78, 5) is 2.40. The zero-order valence-electron chi connectivity index (χ0n) is 5.64. The molecule has 0 aliphatic rings. The fraction of sp³-hybridized carbons (Fsp3) is 0.167. The van der Waals surface area contributed by atoms with Crippen LogP contribution in [0.25, 0.3) is 0 Å². The van der Waals surface area contributed by atoms with Crippen LogP contribution in [0.5, 0.6) is 0 Å². The normalized spacial score (nSPS) is 11.2. The molecule has 0 bridgehead atoms. The molecule has 0 saturated carbocycles. The van der Waals surface area contributed by atoms with E-state index >= 15 is 0 Å². The molecule has 0 unspecified atom stereocenters. The molecule has 0 spiro atoms. The van der Waals surface area contributed by atoms with E-state index in [-0.39, 0.29) is 22.4 Å². The van der Waals surface area contributed by atoms with Gasteiger partial charge in [0.05, 0.1) is 0 Å². The molecule has 0 aromatic carbocycles. The maximum Gasteiger partial charge on any atom is 0.446 e. The molecule has 0 radical (unpaired) electrons. The van der Waals surface area contributed by atoms with Gasteiger partial charge < -0.3 is 4.98 Å². The predicted octanol–water partition coefficient (Wildman–Crippen LogP) is 2.50. The van der Waals surface area contributed by atoms with Crippen LogP contribution in [0.3, 0.4) is 0 Å². The Bertz CT molecular complexity index is 309. The molecule has 12 heavy (non-hydrogen) atoms. The second kappa shape index (κ2) is 3.11. The van der Waals surface area contributed by atoms with Crippen LogP contribution in [0.1, 0.15) is 5.69 Å². The van der Waals surface area contributed by atoms with Crippen LogP contribution in [0.15, 0.2) is 17.2 Å². The van der Waals surface area contributed by atoms with Crippen molar-refractivity contribution in [3.63, 3.8) is 0 Å². The molecule has 1 aromatic heterocycles. The highest BCUT2D eigenvalue weighted by Gasteiger charge is 2.29. The van der Waals surface area contributed by atoms with Gasteiger partial charge in [-0.25, -0.2) is 0 Å². The average Bonchev–Trinajstić information content (AvgIpc) is 2.32. The van der Waals surface area contributed by atoms with Crippen LogP contribution >= 0.6 is 11.8 Å². The number of aromatic amines is 1. The number of nitriles is 1. The van der Waals surface area contributed by atoms with Gasteiger partial charge >= 0.3 is 5.51 Å². The van der Waals surface area contributed by atoms with Gasteiger partial charge in [0, 0.05) is 11.1 Å². The van der Waals surface area contributed by atoms with E-state index in [1.807, 2.05) is 0 Å². The average molecular weight is 192 g/mol. The second-order valence-electron chi connectivity index (χ2n) is 1.91. The molecule has 1 rings (SSSR count). The minimum Gasteiger partial charge on any atom is -0.352 e. The molecule has 0 amide bonds. The third-order valence-corrected chi connectivity index (χ3v) is 1.71. The Labute approximate surface area is 70.4 Å². The van der Waals surface area contributed by atoms with Gasteiger partial charge in [0.15, 0.2) is 0 Å². The number of alkyl halides is 3. The van der Waals surface area contributed by atoms with E-state index in [2.05, 4.69) is 4.98 Å². The zero-order valence-corrected chi connectivity index (χ0v) is 6.46. The molecule has 0 saturated heterocycles. The molecule has 0 atom stereocenters. The van der Waals surface area contributed by atoms with Crippen molar-refractivity contribution in [1.29, 1.82) is 5.26 Å². The summed E-state index contributed by atoms with van der Waals surface area (Å²) in [6.45, 7) is 0. The SMILES string of the molecule is N#Cc1cc(SC(F)(F)F)c[nH]1. The van der Waals surface area contributed by atoms with Crippen LogP contribution < -0.4 is 0 Å². The van der Waals surface area contributed by atoms with Crippen LogP contribution in [0.2, 0.25) is 0 Å². The summed E-state index contributed by atoms with van der Waals surface area (Å²) in [7, 11) is 0. The Morgan fingerprint density at radius 2 is 2.17 bits per heavy atom. The topological polar surface area (TPSA) is 39.6 Å². The number of H-pyrrole nitrogens is 1. The first-order chi connectivity index (χ1) is 5.51. The van der Waals surface area contributed by atoms with Gasteiger partial charge in [-0.2, -0.15) is 18.4 Å². The van der Waals surface area contributed by atoms with E-state index in [0.29, 0.717) is 0 Å². The summed E-state index contributed by atoms with van der Waals surface area (Å²) in [5.41, 5.74) is -4.17. The number of nitrogens with zero attached hydrogens (tertiary/aromatic N) is 1. The zero-order chi connectivity index (χ0) is 9.19. The van der Waals surface area contributed by atoms with Gasteiger partial charge in [-0.15, -0.1) is 0 Å². The fourth-order valence-corrected chi connectivity index (χ4v) is 1.19. The standard InChI is InChI=1S/C6H3F3N2S/c7-6(8,9)12-5-1-4(2-10)11-3-5/h1,3,11H. The van der Waals surface area contributed by atoms with Gasteiger partial charge in [0.25, 0.3) is 0 Å². The van der Waals surface area contributed by atoms with Gasteiger partial charge in [-0.1, -0.05) is 0 Å².